The number of aryl methyl sites for hydroxylation is 1. The zero-order valence-corrected chi connectivity index (χ0v) is 16.7. The normalized spacial score (nSPS) is 11.0. The molecule has 4 rings (SSSR count). The van der Waals surface area contributed by atoms with Crippen molar-refractivity contribution in [2.75, 3.05) is 12.4 Å². The third-order valence-corrected chi connectivity index (χ3v) is 4.83. The minimum absolute atomic E-state index is 0.539. The topological polar surface area (TPSA) is 64.3 Å². The maximum absolute atomic E-state index is 6.20. The molecule has 0 radical (unpaired) electrons. The summed E-state index contributed by atoms with van der Waals surface area (Å²) in [6.45, 7) is 4.07. The van der Waals surface area contributed by atoms with E-state index in [2.05, 4.69) is 22.2 Å². The second kappa shape index (κ2) is 7.48. The largest absolute Gasteiger partial charge is 0.495 e. The second-order valence-electron chi connectivity index (χ2n) is 6.36. The summed E-state index contributed by atoms with van der Waals surface area (Å²) in [7, 11) is 1.63. The van der Waals surface area contributed by atoms with Gasteiger partial charge in [-0.25, -0.2) is 4.98 Å². The van der Waals surface area contributed by atoms with E-state index in [9.17, 15) is 0 Å². The highest BCUT2D eigenvalue weighted by Crippen LogP contribution is 2.33. The molecule has 0 amide bonds. The molecule has 0 bridgehead atoms. The van der Waals surface area contributed by atoms with Crippen LogP contribution in [0, 0.1) is 6.92 Å². The highest BCUT2D eigenvalue weighted by molar-refractivity contribution is 6.31. The molecule has 0 aliphatic rings. The summed E-state index contributed by atoms with van der Waals surface area (Å²) in [5, 5.41) is 8.77. The van der Waals surface area contributed by atoms with Crippen LogP contribution in [0.25, 0.3) is 17.2 Å². The van der Waals surface area contributed by atoms with Crippen LogP contribution in [0.2, 0.25) is 5.02 Å². The number of halogens is 1. The van der Waals surface area contributed by atoms with Crippen molar-refractivity contribution in [2.45, 2.75) is 20.3 Å². The van der Waals surface area contributed by atoms with Crippen LogP contribution >= 0.6 is 11.6 Å². The van der Waals surface area contributed by atoms with E-state index < -0.39 is 0 Å². The van der Waals surface area contributed by atoms with Crippen LogP contribution in [0.3, 0.4) is 0 Å². The Balaban J connectivity index is 1.91. The van der Waals surface area contributed by atoms with E-state index in [1.54, 1.807) is 17.7 Å². The Labute approximate surface area is 168 Å². The molecule has 0 spiro atoms. The van der Waals surface area contributed by atoms with E-state index >= 15 is 0 Å². The molecule has 6 nitrogen and oxygen atoms in total. The quantitative estimate of drug-likeness (QED) is 0.513. The zero-order valence-electron chi connectivity index (χ0n) is 15.9. The van der Waals surface area contributed by atoms with Gasteiger partial charge in [0, 0.05) is 21.8 Å². The standard InChI is InChI=1S/C21H20ClN5O/c1-4-16-13(2)23-21-25-19(14-8-6-5-7-9-14)26-27(21)20(16)24-17-12-15(22)10-11-18(17)28-3/h5-12,24H,4H2,1-3H3. The lowest BCUT2D eigenvalue weighted by atomic mass is 10.1. The van der Waals surface area contributed by atoms with Gasteiger partial charge in [-0.05, 0) is 31.5 Å². The number of hydrogen-bond donors (Lipinski definition) is 1. The predicted molar refractivity (Wildman–Crippen MR) is 112 cm³/mol. The Morgan fingerprint density at radius 3 is 2.61 bits per heavy atom. The van der Waals surface area contributed by atoms with Gasteiger partial charge < -0.3 is 10.1 Å². The Kier molecular flexibility index (Phi) is 4.88. The van der Waals surface area contributed by atoms with Crippen LogP contribution in [0.5, 0.6) is 5.75 Å². The van der Waals surface area contributed by atoms with Crippen molar-refractivity contribution < 1.29 is 4.74 Å². The second-order valence-corrected chi connectivity index (χ2v) is 6.80. The molecule has 28 heavy (non-hydrogen) atoms. The fourth-order valence-corrected chi connectivity index (χ4v) is 3.38. The first-order chi connectivity index (χ1) is 13.6. The minimum atomic E-state index is 0.539. The van der Waals surface area contributed by atoms with Crippen LogP contribution in [-0.2, 0) is 6.42 Å². The number of nitrogens with zero attached hydrogens (tertiary/aromatic N) is 4. The Bertz CT molecular complexity index is 1140. The number of anilines is 2. The molecule has 142 valence electrons. The van der Waals surface area contributed by atoms with Gasteiger partial charge in [-0.3, -0.25) is 0 Å². The first kappa shape index (κ1) is 18.3. The molecule has 0 atom stereocenters. The van der Waals surface area contributed by atoms with Crippen LogP contribution in [-0.4, -0.2) is 26.7 Å². The number of rotatable bonds is 5. The molecule has 1 N–H and O–H groups in total. The van der Waals surface area contributed by atoms with E-state index in [0.29, 0.717) is 22.4 Å². The first-order valence-corrected chi connectivity index (χ1v) is 9.40. The number of fused-ring (bicyclic) bond motifs is 1. The van der Waals surface area contributed by atoms with E-state index in [0.717, 1.165) is 34.7 Å². The lowest BCUT2D eigenvalue weighted by Gasteiger charge is -2.16. The van der Waals surface area contributed by atoms with Gasteiger partial charge in [0.2, 0.25) is 0 Å². The highest BCUT2D eigenvalue weighted by Gasteiger charge is 2.17. The summed E-state index contributed by atoms with van der Waals surface area (Å²) < 4.78 is 7.23. The van der Waals surface area contributed by atoms with E-state index in [1.807, 2.05) is 49.4 Å². The SMILES string of the molecule is CCc1c(C)nc2nc(-c3ccccc3)nn2c1Nc1cc(Cl)ccc1OC. The predicted octanol–water partition coefficient (Wildman–Crippen LogP) is 5.07. The smallest absolute Gasteiger partial charge is 0.254 e. The third kappa shape index (κ3) is 3.27. The van der Waals surface area contributed by atoms with Gasteiger partial charge in [0.15, 0.2) is 5.82 Å². The maximum Gasteiger partial charge on any atom is 0.254 e. The molecule has 2 heterocycles. The minimum Gasteiger partial charge on any atom is -0.495 e. The van der Waals surface area contributed by atoms with Gasteiger partial charge in [0.25, 0.3) is 5.78 Å². The summed E-state index contributed by atoms with van der Waals surface area (Å²) in [6.07, 6.45) is 0.792. The number of aromatic nitrogens is 4. The summed E-state index contributed by atoms with van der Waals surface area (Å²) >= 11 is 6.20. The monoisotopic (exact) mass is 393 g/mol. The lowest BCUT2D eigenvalue weighted by Crippen LogP contribution is -2.09. The molecular weight excluding hydrogens is 374 g/mol. The molecule has 2 aromatic carbocycles. The third-order valence-electron chi connectivity index (χ3n) is 4.59. The van der Waals surface area contributed by atoms with E-state index in [-0.39, 0.29) is 0 Å². The molecule has 0 aliphatic carbocycles. The van der Waals surface area contributed by atoms with Crippen molar-refractivity contribution in [1.82, 2.24) is 19.6 Å². The molecule has 7 heteroatoms. The Hall–Kier alpha value is -3.12. The maximum atomic E-state index is 6.20. The Morgan fingerprint density at radius 1 is 1.11 bits per heavy atom. The first-order valence-electron chi connectivity index (χ1n) is 9.03. The summed E-state index contributed by atoms with van der Waals surface area (Å²) in [4.78, 5) is 9.27. The zero-order chi connectivity index (χ0) is 19.7. The molecular formula is C21H20ClN5O. The number of ether oxygens (including phenoxy) is 1. The molecule has 4 aromatic rings. The van der Waals surface area contributed by atoms with Crippen LogP contribution in [0.4, 0.5) is 11.5 Å². The van der Waals surface area contributed by atoms with Crippen molar-refractivity contribution in [2.24, 2.45) is 0 Å². The van der Waals surface area contributed by atoms with Crippen molar-refractivity contribution in [3.05, 3.63) is 64.8 Å². The van der Waals surface area contributed by atoms with Gasteiger partial charge in [-0.15, -0.1) is 5.10 Å². The average Bonchev–Trinajstić information content (AvgIpc) is 3.13. The van der Waals surface area contributed by atoms with Crippen LogP contribution < -0.4 is 10.1 Å². The van der Waals surface area contributed by atoms with Gasteiger partial charge in [0.1, 0.15) is 11.6 Å². The average molecular weight is 394 g/mol. The van der Waals surface area contributed by atoms with E-state index in [1.165, 1.54) is 0 Å². The number of nitrogens with one attached hydrogen (secondary N) is 1. The fourth-order valence-electron chi connectivity index (χ4n) is 3.21. The summed E-state index contributed by atoms with van der Waals surface area (Å²) in [5.41, 5.74) is 3.66. The Morgan fingerprint density at radius 2 is 1.89 bits per heavy atom. The summed E-state index contributed by atoms with van der Waals surface area (Å²) in [6, 6.07) is 15.3. The van der Waals surface area contributed by atoms with Gasteiger partial charge >= 0.3 is 0 Å². The summed E-state index contributed by atoms with van der Waals surface area (Å²) in [5.74, 6) is 2.66. The highest BCUT2D eigenvalue weighted by atomic mass is 35.5. The van der Waals surface area contributed by atoms with Crippen LogP contribution in [0.1, 0.15) is 18.2 Å². The molecule has 2 aromatic heterocycles. The molecule has 0 saturated carbocycles. The van der Waals surface area contributed by atoms with Crippen molar-refractivity contribution in [3.63, 3.8) is 0 Å². The molecule has 0 fully saturated rings. The van der Waals surface area contributed by atoms with Crippen molar-refractivity contribution in [1.29, 1.82) is 0 Å². The molecule has 0 unspecified atom stereocenters. The van der Waals surface area contributed by atoms with Gasteiger partial charge in [-0.2, -0.15) is 9.50 Å². The number of methoxy groups -OCH3 is 1. The van der Waals surface area contributed by atoms with Crippen molar-refractivity contribution >= 4 is 28.9 Å². The number of benzene rings is 2. The van der Waals surface area contributed by atoms with Gasteiger partial charge in [-0.1, -0.05) is 48.9 Å². The fraction of sp³-hybridized carbons (Fsp3) is 0.190. The van der Waals surface area contributed by atoms with Crippen LogP contribution in [0.15, 0.2) is 48.5 Å². The molecule has 0 aliphatic heterocycles. The lowest BCUT2D eigenvalue weighted by molar-refractivity contribution is 0.417. The molecule has 0 saturated heterocycles. The van der Waals surface area contributed by atoms with E-state index in [4.69, 9.17) is 21.4 Å². The number of hydrogen-bond acceptors (Lipinski definition) is 5. The van der Waals surface area contributed by atoms with Crippen molar-refractivity contribution in [3.8, 4) is 17.1 Å². The van der Waals surface area contributed by atoms with Gasteiger partial charge in [0.05, 0.1) is 12.8 Å².